The highest BCUT2D eigenvalue weighted by atomic mass is 16.3. The van der Waals surface area contributed by atoms with Crippen LogP contribution in [0.25, 0.3) is 10.9 Å². The van der Waals surface area contributed by atoms with E-state index in [9.17, 15) is 9.90 Å². The van der Waals surface area contributed by atoms with Gasteiger partial charge in [0, 0.05) is 28.7 Å². The Morgan fingerprint density at radius 2 is 1.97 bits per heavy atom. The number of allylic oxidation sites excluding steroid dienone is 1. The van der Waals surface area contributed by atoms with Crippen LogP contribution in [0.2, 0.25) is 0 Å². The Morgan fingerprint density at radius 1 is 1.14 bits per heavy atom. The third-order valence-electron chi connectivity index (χ3n) is 11.0. The van der Waals surface area contributed by atoms with Crippen LogP contribution in [-0.2, 0) is 11.2 Å². The number of amides is 1. The van der Waals surface area contributed by atoms with Crippen LogP contribution < -0.4 is 5.43 Å². The van der Waals surface area contributed by atoms with Crippen molar-refractivity contribution in [2.75, 3.05) is 0 Å². The zero-order chi connectivity index (χ0) is 25.1. The molecule has 0 saturated heterocycles. The predicted octanol–water partition coefficient (Wildman–Crippen LogP) is 6.14. The maximum Gasteiger partial charge on any atom is 0.244 e. The molecule has 6 rings (SSSR count). The molecular weight excluding hydrogens is 446 g/mol. The first-order valence-electron chi connectivity index (χ1n) is 14.0. The van der Waals surface area contributed by atoms with E-state index in [1.807, 2.05) is 24.4 Å². The fourth-order valence-electron chi connectivity index (χ4n) is 9.05. The molecule has 5 heteroatoms. The number of carbonyl (C=O) groups excluding carboxylic acids is 1. The number of H-pyrrole nitrogens is 1. The molecule has 192 valence electrons. The minimum absolute atomic E-state index is 0.0557. The van der Waals surface area contributed by atoms with Gasteiger partial charge in [0.25, 0.3) is 0 Å². The van der Waals surface area contributed by atoms with E-state index >= 15 is 0 Å². The SMILES string of the molecule is CC(=NNC(=O)Cc1c[nH]c2ccccc12)C1CCC2C3CC=C4CC(O)CCC4(C)C3CCC12C. The molecule has 5 nitrogen and oxygen atoms in total. The number of hydrogen-bond donors (Lipinski definition) is 3. The Labute approximate surface area is 214 Å². The molecule has 2 aromatic rings. The molecule has 0 aliphatic heterocycles. The molecule has 7 unspecified atom stereocenters. The first-order chi connectivity index (χ1) is 17.3. The number of para-hydroxylation sites is 1. The van der Waals surface area contributed by atoms with E-state index < -0.39 is 0 Å². The number of hydrogen-bond acceptors (Lipinski definition) is 3. The van der Waals surface area contributed by atoms with Crippen LogP contribution in [0.3, 0.4) is 0 Å². The average Bonchev–Trinajstić information content (AvgIpc) is 3.44. The normalized spacial score (nSPS) is 38.2. The van der Waals surface area contributed by atoms with Gasteiger partial charge in [0.15, 0.2) is 0 Å². The molecule has 0 radical (unpaired) electrons. The van der Waals surface area contributed by atoms with Crippen molar-refractivity contribution in [3.05, 3.63) is 47.7 Å². The van der Waals surface area contributed by atoms with Gasteiger partial charge >= 0.3 is 0 Å². The summed E-state index contributed by atoms with van der Waals surface area (Å²) in [6.45, 7) is 7.12. The summed E-state index contributed by atoms with van der Waals surface area (Å²) in [7, 11) is 0. The fourth-order valence-corrected chi connectivity index (χ4v) is 9.05. The standard InChI is InChI=1S/C31H41N3O2/c1-19(33-34-29(36)16-20-18-32-28-7-5-4-6-23(20)28)25-10-11-26-24-9-8-21-17-22(35)12-14-30(21,2)27(24)13-15-31(25,26)3/h4-8,18,22,24-27,32,35H,9-17H2,1-3H3,(H,34,36). The monoisotopic (exact) mass is 487 g/mol. The quantitative estimate of drug-likeness (QED) is 0.275. The van der Waals surface area contributed by atoms with Crippen molar-refractivity contribution < 1.29 is 9.90 Å². The van der Waals surface area contributed by atoms with Crippen molar-refractivity contribution >= 4 is 22.5 Å². The highest BCUT2D eigenvalue weighted by Crippen LogP contribution is 2.66. The van der Waals surface area contributed by atoms with Gasteiger partial charge < -0.3 is 10.1 Å². The number of benzene rings is 1. The number of aromatic amines is 1. The van der Waals surface area contributed by atoms with Crippen LogP contribution >= 0.6 is 0 Å². The molecule has 1 aromatic carbocycles. The van der Waals surface area contributed by atoms with Crippen molar-refractivity contribution in [2.45, 2.75) is 84.7 Å². The number of fused-ring (bicyclic) bond motifs is 6. The lowest BCUT2D eigenvalue weighted by Gasteiger charge is -2.58. The van der Waals surface area contributed by atoms with Crippen molar-refractivity contribution in [3.8, 4) is 0 Å². The van der Waals surface area contributed by atoms with Crippen LogP contribution in [0.5, 0.6) is 0 Å². The molecule has 1 amide bonds. The first kappa shape index (κ1) is 24.0. The molecule has 3 fully saturated rings. The van der Waals surface area contributed by atoms with Crippen LogP contribution in [0.1, 0.15) is 77.7 Å². The summed E-state index contributed by atoms with van der Waals surface area (Å²) in [6.07, 6.45) is 13.7. The Kier molecular flexibility index (Phi) is 5.90. The Bertz CT molecular complexity index is 1230. The number of hydrazone groups is 1. The maximum absolute atomic E-state index is 12.8. The summed E-state index contributed by atoms with van der Waals surface area (Å²) >= 11 is 0. The van der Waals surface area contributed by atoms with Crippen molar-refractivity contribution in [2.24, 2.45) is 39.6 Å². The van der Waals surface area contributed by atoms with E-state index in [0.717, 1.165) is 59.2 Å². The van der Waals surface area contributed by atoms with Crippen LogP contribution in [-0.4, -0.2) is 27.8 Å². The van der Waals surface area contributed by atoms with Crippen LogP contribution in [0.4, 0.5) is 0 Å². The topological polar surface area (TPSA) is 77.5 Å². The molecule has 1 heterocycles. The third-order valence-corrected chi connectivity index (χ3v) is 11.0. The minimum atomic E-state index is -0.143. The first-order valence-corrected chi connectivity index (χ1v) is 14.0. The Hall–Kier alpha value is -2.40. The van der Waals surface area contributed by atoms with E-state index in [1.165, 1.54) is 37.7 Å². The molecule has 0 bridgehead atoms. The lowest BCUT2D eigenvalue weighted by molar-refractivity contribution is -0.120. The van der Waals surface area contributed by atoms with Gasteiger partial charge in [0.1, 0.15) is 0 Å². The van der Waals surface area contributed by atoms with Gasteiger partial charge in [-0.1, -0.05) is 43.7 Å². The van der Waals surface area contributed by atoms with Gasteiger partial charge in [-0.05, 0) is 98.5 Å². The molecule has 3 saturated carbocycles. The Balaban J connectivity index is 1.15. The number of aliphatic hydroxyl groups is 1. The highest BCUT2D eigenvalue weighted by molar-refractivity contribution is 5.90. The summed E-state index contributed by atoms with van der Waals surface area (Å²) in [5.41, 5.74) is 8.11. The van der Waals surface area contributed by atoms with Crippen molar-refractivity contribution in [3.63, 3.8) is 0 Å². The molecule has 4 aliphatic carbocycles. The van der Waals surface area contributed by atoms with Gasteiger partial charge in [-0.15, -0.1) is 0 Å². The summed E-state index contributed by atoms with van der Waals surface area (Å²) in [5.74, 6) is 2.58. The molecule has 4 aliphatic rings. The zero-order valence-electron chi connectivity index (χ0n) is 22.0. The smallest absolute Gasteiger partial charge is 0.244 e. The number of aliphatic hydroxyl groups excluding tert-OH is 1. The number of nitrogens with one attached hydrogen (secondary N) is 2. The molecule has 3 N–H and O–H groups in total. The second-order valence-electron chi connectivity index (χ2n) is 12.7. The van der Waals surface area contributed by atoms with E-state index in [4.69, 9.17) is 0 Å². The van der Waals surface area contributed by atoms with Crippen LogP contribution in [0.15, 0.2) is 47.2 Å². The third kappa shape index (κ3) is 3.77. The average molecular weight is 488 g/mol. The van der Waals surface area contributed by atoms with Gasteiger partial charge in [-0.25, -0.2) is 5.43 Å². The largest absolute Gasteiger partial charge is 0.393 e. The lowest BCUT2D eigenvalue weighted by atomic mass is 9.47. The van der Waals surface area contributed by atoms with Crippen molar-refractivity contribution in [1.29, 1.82) is 0 Å². The highest BCUT2D eigenvalue weighted by Gasteiger charge is 2.59. The zero-order valence-corrected chi connectivity index (χ0v) is 22.0. The fraction of sp³-hybridized carbons (Fsp3) is 0.613. The minimum Gasteiger partial charge on any atom is -0.393 e. The number of aromatic nitrogens is 1. The van der Waals surface area contributed by atoms with Gasteiger partial charge in [0.2, 0.25) is 5.91 Å². The van der Waals surface area contributed by atoms with E-state index in [0.29, 0.717) is 12.3 Å². The van der Waals surface area contributed by atoms with Gasteiger partial charge in [-0.3, -0.25) is 4.79 Å². The molecule has 7 atom stereocenters. The number of nitrogens with zero attached hydrogens (tertiary/aromatic N) is 1. The predicted molar refractivity (Wildman–Crippen MR) is 144 cm³/mol. The van der Waals surface area contributed by atoms with E-state index in [2.05, 4.69) is 48.4 Å². The molecule has 1 aromatic heterocycles. The van der Waals surface area contributed by atoms with Gasteiger partial charge in [0.05, 0.1) is 12.5 Å². The van der Waals surface area contributed by atoms with E-state index in [1.54, 1.807) is 0 Å². The Morgan fingerprint density at radius 3 is 2.83 bits per heavy atom. The van der Waals surface area contributed by atoms with Crippen molar-refractivity contribution in [1.82, 2.24) is 10.4 Å². The summed E-state index contributed by atoms with van der Waals surface area (Å²) in [4.78, 5) is 16.0. The van der Waals surface area contributed by atoms with Gasteiger partial charge in [-0.2, -0.15) is 5.10 Å². The summed E-state index contributed by atoms with van der Waals surface area (Å²) in [6, 6.07) is 8.10. The molecule has 36 heavy (non-hydrogen) atoms. The van der Waals surface area contributed by atoms with E-state index in [-0.39, 0.29) is 22.8 Å². The van der Waals surface area contributed by atoms with Crippen LogP contribution in [0, 0.1) is 34.5 Å². The number of rotatable bonds is 4. The second kappa shape index (κ2) is 8.86. The maximum atomic E-state index is 12.8. The molecular formula is C31H41N3O2. The second-order valence-corrected chi connectivity index (χ2v) is 12.7. The summed E-state index contributed by atoms with van der Waals surface area (Å²) < 4.78 is 0. The summed E-state index contributed by atoms with van der Waals surface area (Å²) in [5, 5.41) is 16.0. The lowest BCUT2D eigenvalue weighted by Crippen LogP contribution is -2.51. The number of carbonyl (C=O) groups is 1. The molecule has 0 spiro atoms.